The van der Waals surface area contributed by atoms with Crippen LogP contribution in [-0.4, -0.2) is 66.5 Å². The summed E-state index contributed by atoms with van der Waals surface area (Å²) < 4.78 is 39.5. The second-order valence-electron chi connectivity index (χ2n) is 18.7. The van der Waals surface area contributed by atoms with Gasteiger partial charge in [-0.3, -0.25) is 23.4 Å². The van der Waals surface area contributed by atoms with Crippen LogP contribution in [0.4, 0.5) is 0 Å². The van der Waals surface area contributed by atoms with Crippen LogP contribution in [0.2, 0.25) is 0 Å². The smallest absolute Gasteiger partial charge is 0.462 e. The van der Waals surface area contributed by atoms with E-state index in [4.69, 9.17) is 23.3 Å². The largest absolute Gasteiger partial charge is 0.472 e. The van der Waals surface area contributed by atoms with Gasteiger partial charge in [0.05, 0.1) is 19.8 Å². The maximum atomic E-state index is 12.9. The summed E-state index contributed by atoms with van der Waals surface area (Å²) in [6.07, 6.45) is 61.1. The van der Waals surface area contributed by atoms with E-state index in [1.54, 1.807) is 0 Å². The van der Waals surface area contributed by atoms with Crippen molar-refractivity contribution in [2.75, 3.05) is 26.4 Å². The van der Waals surface area contributed by atoms with Gasteiger partial charge in [-0.2, -0.15) is 0 Å². The van der Waals surface area contributed by atoms with Gasteiger partial charge in [-0.05, 0) is 109 Å². The number of phosphoric ester groups is 1. The molecule has 0 aliphatic heterocycles. The molecule has 0 aliphatic carbocycles. The summed E-state index contributed by atoms with van der Waals surface area (Å²) in [5, 5.41) is 9.80. The predicted octanol–water partition coefficient (Wildman–Crippen LogP) is 16.7. The van der Waals surface area contributed by atoms with Crippen LogP contribution in [0.5, 0.6) is 0 Å². The molecule has 0 fully saturated rings. The van der Waals surface area contributed by atoms with Crippen LogP contribution < -0.4 is 0 Å². The minimum Gasteiger partial charge on any atom is -0.462 e. The average Bonchev–Trinajstić information content (AvgIpc) is 3.37. The second kappa shape index (κ2) is 53.9. The number of ether oxygens (including phenoxy) is 3. The fourth-order valence-electron chi connectivity index (χ4n) is 7.44. The third-order valence-electron chi connectivity index (χ3n) is 11.8. The molecule has 0 saturated heterocycles. The second-order valence-corrected chi connectivity index (χ2v) is 20.2. The molecule has 0 rings (SSSR count). The third-order valence-corrected chi connectivity index (χ3v) is 12.7. The molecule has 3 atom stereocenters. The summed E-state index contributed by atoms with van der Waals surface area (Å²) in [5.41, 5.74) is 0. The zero-order valence-electron chi connectivity index (χ0n) is 45.6. The van der Waals surface area contributed by atoms with Gasteiger partial charge in [0.25, 0.3) is 0 Å². The van der Waals surface area contributed by atoms with E-state index in [9.17, 15) is 28.9 Å². The monoisotopic (exact) mass is 1030 g/mol. The Morgan fingerprint density at radius 2 is 0.750 bits per heavy atom. The lowest BCUT2D eigenvalue weighted by Gasteiger charge is -2.21. The minimum absolute atomic E-state index is 0.151. The maximum Gasteiger partial charge on any atom is 0.472 e. The highest BCUT2D eigenvalue weighted by Gasteiger charge is 2.28. The van der Waals surface area contributed by atoms with Gasteiger partial charge in [-0.1, -0.05) is 196 Å². The van der Waals surface area contributed by atoms with Crippen molar-refractivity contribution in [1.82, 2.24) is 0 Å². The number of rotatable bonds is 52. The summed E-state index contributed by atoms with van der Waals surface area (Å²) >= 11 is 0. The Bertz CT molecular complexity index is 1530. The van der Waals surface area contributed by atoms with Gasteiger partial charge in [0.15, 0.2) is 6.10 Å². The number of hydrogen-bond acceptors (Lipinski definition) is 10. The van der Waals surface area contributed by atoms with Crippen molar-refractivity contribution < 1.29 is 52.2 Å². The van der Waals surface area contributed by atoms with Crippen molar-refractivity contribution in [2.24, 2.45) is 0 Å². The first-order valence-electron chi connectivity index (χ1n) is 28.5. The summed E-state index contributed by atoms with van der Waals surface area (Å²) in [6, 6.07) is 0. The van der Waals surface area contributed by atoms with Crippen LogP contribution in [0.25, 0.3) is 0 Å². The Morgan fingerprint density at radius 1 is 0.403 bits per heavy atom. The fraction of sp³-hybridized carbons (Fsp3) is 0.717. The first-order chi connectivity index (χ1) is 35.2. The number of allylic oxidation sites excluding steroid dienone is 14. The molecule has 0 amide bonds. The zero-order valence-corrected chi connectivity index (χ0v) is 46.5. The SMILES string of the molecule is CC/C=C\C/C=C\C/C=C\CCCCCCCC(=O)OCC(COP(=O)(O)OCC(CO)OC(=O)CCCCCCC/C=C\C/C=C\CCC)OC(=O)CCCCCCCCC/C=C\C/C=C\CCCCC. The van der Waals surface area contributed by atoms with Crippen LogP contribution in [0.3, 0.4) is 0 Å². The van der Waals surface area contributed by atoms with Crippen LogP contribution in [-0.2, 0) is 42.2 Å². The summed E-state index contributed by atoms with van der Waals surface area (Å²) in [7, 11) is -4.76. The Kier molecular flexibility index (Phi) is 51.4. The maximum absolute atomic E-state index is 12.9. The Hall–Kier alpha value is -3.34. The highest BCUT2D eigenvalue weighted by Crippen LogP contribution is 2.43. The molecular weight excluding hydrogens is 928 g/mol. The molecule has 0 aromatic rings. The first-order valence-corrected chi connectivity index (χ1v) is 30.0. The van der Waals surface area contributed by atoms with Crippen molar-refractivity contribution in [3.63, 3.8) is 0 Å². The lowest BCUT2D eigenvalue weighted by molar-refractivity contribution is -0.161. The summed E-state index contributed by atoms with van der Waals surface area (Å²) in [4.78, 5) is 48.5. The van der Waals surface area contributed by atoms with Gasteiger partial charge in [0, 0.05) is 19.3 Å². The molecule has 72 heavy (non-hydrogen) atoms. The van der Waals surface area contributed by atoms with Crippen molar-refractivity contribution in [3.05, 3.63) is 85.1 Å². The lowest BCUT2D eigenvalue weighted by atomic mass is 10.1. The number of hydrogen-bond donors (Lipinski definition) is 2. The summed E-state index contributed by atoms with van der Waals surface area (Å²) in [6.45, 7) is 4.40. The Labute approximate surface area is 439 Å². The predicted molar refractivity (Wildman–Crippen MR) is 298 cm³/mol. The standard InChI is InChI=1S/C60H103O11P/c1-4-7-10-13-16-19-22-25-27-28-30-33-36-39-42-45-48-51-60(64)71-57(53-67-58(62)49-46-43-40-37-34-32-29-26-23-20-17-14-11-8-5-2)55-69-72(65,66)68-54-56(52-61)70-59(63)50-47-44-41-38-35-31-24-21-18-15-12-9-6-3/h8,11-12,15-17,19-21,24-27,29,56-57,61H,4-7,9-10,13-14,18,22-23,28,30-55H2,1-3H3,(H,65,66)/b11-8-,15-12-,19-16-,20-17-,24-21-,27-25-,29-26-. The zero-order chi connectivity index (χ0) is 52.7. The van der Waals surface area contributed by atoms with E-state index in [0.717, 1.165) is 141 Å². The van der Waals surface area contributed by atoms with Crippen LogP contribution in [0.1, 0.15) is 239 Å². The highest BCUT2D eigenvalue weighted by atomic mass is 31.2. The van der Waals surface area contributed by atoms with Crippen LogP contribution >= 0.6 is 7.82 Å². The van der Waals surface area contributed by atoms with E-state index < -0.39 is 57.8 Å². The summed E-state index contributed by atoms with van der Waals surface area (Å²) in [5.74, 6) is -1.51. The van der Waals surface area contributed by atoms with Gasteiger partial charge >= 0.3 is 25.7 Å². The fourth-order valence-corrected chi connectivity index (χ4v) is 8.22. The molecule has 0 saturated carbocycles. The van der Waals surface area contributed by atoms with Crippen LogP contribution in [0, 0.1) is 0 Å². The molecule has 0 aliphatic rings. The van der Waals surface area contributed by atoms with E-state index in [1.807, 2.05) is 0 Å². The number of phosphoric acid groups is 1. The first kappa shape index (κ1) is 68.7. The molecule has 414 valence electrons. The van der Waals surface area contributed by atoms with E-state index >= 15 is 0 Å². The molecule has 12 heteroatoms. The van der Waals surface area contributed by atoms with E-state index in [-0.39, 0.29) is 25.9 Å². The normalized spacial score (nSPS) is 14.0. The van der Waals surface area contributed by atoms with E-state index in [1.165, 1.54) is 38.5 Å². The molecule has 0 aromatic heterocycles. The number of unbranched alkanes of at least 4 members (excludes halogenated alkanes) is 21. The molecule has 0 heterocycles. The Balaban J connectivity index is 4.78. The van der Waals surface area contributed by atoms with E-state index in [2.05, 4.69) is 106 Å². The van der Waals surface area contributed by atoms with Gasteiger partial charge in [0.2, 0.25) is 0 Å². The van der Waals surface area contributed by atoms with Gasteiger partial charge < -0.3 is 24.2 Å². The Morgan fingerprint density at radius 3 is 1.17 bits per heavy atom. The average molecular weight is 1030 g/mol. The number of carbonyl (C=O) groups is 3. The molecule has 11 nitrogen and oxygen atoms in total. The molecule has 0 aromatic carbocycles. The van der Waals surface area contributed by atoms with Gasteiger partial charge in [-0.25, -0.2) is 4.57 Å². The topological polar surface area (TPSA) is 155 Å². The quantitative estimate of drug-likeness (QED) is 0.0197. The molecule has 0 radical (unpaired) electrons. The van der Waals surface area contributed by atoms with Gasteiger partial charge in [-0.15, -0.1) is 0 Å². The minimum atomic E-state index is -4.76. The lowest BCUT2D eigenvalue weighted by Crippen LogP contribution is -2.30. The van der Waals surface area contributed by atoms with Crippen molar-refractivity contribution >= 4 is 25.7 Å². The van der Waals surface area contributed by atoms with Crippen molar-refractivity contribution in [1.29, 1.82) is 0 Å². The van der Waals surface area contributed by atoms with Crippen LogP contribution in [0.15, 0.2) is 85.1 Å². The molecule has 2 N–H and O–H groups in total. The number of aliphatic hydroxyl groups excluding tert-OH is 1. The number of esters is 3. The molecule has 0 spiro atoms. The van der Waals surface area contributed by atoms with Gasteiger partial charge in [0.1, 0.15) is 12.7 Å². The molecular formula is C60H103O11P. The highest BCUT2D eigenvalue weighted by molar-refractivity contribution is 7.47. The molecule has 0 bridgehead atoms. The molecule has 3 unspecified atom stereocenters. The van der Waals surface area contributed by atoms with Crippen molar-refractivity contribution in [2.45, 2.75) is 251 Å². The third kappa shape index (κ3) is 51.6. The number of carbonyl (C=O) groups excluding carboxylic acids is 3. The number of aliphatic hydroxyl groups is 1. The van der Waals surface area contributed by atoms with Crippen molar-refractivity contribution in [3.8, 4) is 0 Å². The van der Waals surface area contributed by atoms with E-state index in [0.29, 0.717) is 19.3 Å².